The highest BCUT2D eigenvalue weighted by Gasteiger charge is 2.33. The average molecular weight is 2010 g/mol. The molecule has 0 fully saturated rings. The Morgan fingerprint density at radius 2 is 0.928 bits per heavy atom. The first kappa shape index (κ1) is 101. The summed E-state index contributed by atoms with van der Waals surface area (Å²) >= 11 is 12.1. The summed E-state index contributed by atoms with van der Waals surface area (Å²) in [5.74, 6) is 0.175. The minimum Gasteiger partial charge on any atom is -1.00 e. The lowest BCUT2D eigenvalue weighted by atomic mass is 9.80. The van der Waals surface area contributed by atoms with Crippen molar-refractivity contribution in [1.29, 1.82) is 0 Å². The van der Waals surface area contributed by atoms with Crippen LogP contribution in [-0.4, -0.2) is 39.6 Å². The number of nitrogens with zero attached hydrogens (tertiary/aromatic N) is 8. The van der Waals surface area contributed by atoms with E-state index in [0.717, 1.165) is 106 Å². The van der Waals surface area contributed by atoms with E-state index in [1.165, 1.54) is 167 Å². The number of rotatable bonds is 25. The number of hydrogen-bond acceptors (Lipinski definition) is 7. The molecular weight excluding hydrogens is 1890 g/mol. The van der Waals surface area contributed by atoms with Gasteiger partial charge in [0, 0.05) is 132 Å². The molecule has 2 aliphatic heterocycles. The van der Waals surface area contributed by atoms with Crippen molar-refractivity contribution >= 4 is 136 Å². The van der Waals surface area contributed by atoms with E-state index in [1.807, 2.05) is 49.4 Å². The molecule has 0 bridgehead atoms. The fourth-order valence-corrected chi connectivity index (χ4v) is 18.6. The first-order valence-electron chi connectivity index (χ1n) is 48.2. The summed E-state index contributed by atoms with van der Waals surface area (Å²) in [6.07, 6.45) is 21.7. The summed E-state index contributed by atoms with van der Waals surface area (Å²) in [7, 11) is 0. The molecule has 139 heavy (non-hydrogen) atoms. The lowest BCUT2D eigenvalue weighted by Crippen LogP contribution is -3.00. The molecule has 0 amide bonds. The number of para-hydroxylation sites is 8. The molecule has 21 rings (SSSR count). The third-order valence-electron chi connectivity index (χ3n) is 25.2. The van der Waals surface area contributed by atoms with Crippen molar-refractivity contribution in [2.24, 2.45) is 0 Å². The molecule has 14 heteroatoms. The number of aryl methyl sites for hydroxylation is 2. The lowest BCUT2D eigenvalue weighted by molar-refractivity contribution is -0.671. The van der Waals surface area contributed by atoms with Crippen molar-refractivity contribution in [3.05, 3.63) is 491 Å². The van der Waals surface area contributed by atoms with Crippen molar-refractivity contribution in [3.63, 3.8) is 0 Å². The van der Waals surface area contributed by atoms with E-state index < -0.39 is 0 Å². The predicted molar refractivity (Wildman–Crippen MR) is 583 cm³/mol. The van der Waals surface area contributed by atoms with Crippen LogP contribution >= 0.6 is 35.6 Å². The van der Waals surface area contributed by atoms with Crippen molar-refractivity contribution in [2.45, 2.75) is 117 Å². The quantitative estimate of drug-likeness (QED) is 0.0451. The van der Waals surface area contributed by atoms with Gasteiger partial charge in [-0.15, -0.1) is 12.4 Å². The van der Waals surface area contributed by atoms with Crippen LogP contribution in [0.25, 0.3) is 106 Å². The molecule has 0 radical (unpaired) electrons. The maximum absolute atomic E-state index is 6.13. The molecule has 2 aliphatic rings. The second kappa shape index (κ2) is 50.7. The molecule has 19 aromatic rings. The van der Waals surface area contributed by atoms with Gasteiger partial charge in [-0.25, -0.2) is 15.0 Å². The smallest absolute Gasteiger partial charge is 0.212 e. The van der Waals surface area contributed by atoms with E-state index in [-0.39, 0.29) is 58.3 Å². The van der Waals surface area contributed by atoms with Gasteiger partial charge in [0.2, 0.25) is 11.0 Å². The molecule has 0 spiro atoms. The Morgan fingerprint density at radius 1 is 0.396 bits per heavy atom. The molecule has 9 nitrogen and oxygen atoms in total. The first-order valence-corrected chi connectivity index (χ1v) is 48.9. The van der Waals surface area contributed by atoms with Crippen LogP contribution in [0, 0.1) is 6.92 Å². The molecule has 1 N–H and O–H groups in total. The summed E-state index contributed by atoms with van der Waals surface area (Å²) in [5.41, 5.74) is 30.8. The normalized spacial score (nSPS) is 12.9. The molecule has 0 saturated heterocycles. The van der Waals surface area contributed by atoms with E-state index in [0.29, 0.717) is 0 Å². The number of aromatic nitrogens is 6. The van der Waals surface area contributed by atoms with Gasteiger partial charge in [-0.3, -0.25) is 4.98 Å². The van der Waals surface area contributed by atoms with Gasteiger partial charge in [0.05, 0.1) is 50.9 Å². The molecule has 13 aromatic carbocycles. The highest BCUT2D eigenvalue weighted by molar-refractivity contribution is 6.31. The Hall–Kier alpha value is -13.5. The molecule has 0 saturated carbocycles. The third-order valence-corrected chi connectivity index (χ3v) is 25.7. The highest BCUT2D eigenvalue weighted by atomic mass is 79.9. The topological polar surface area (TPSA) is 77.8 Å². The van der Waals surface area contributed by atoms with Crippen LogP contribution in [0.3, 0.4) is 0 Å². The van der Waals surface area contributed by atoms with Gasteiger partial charge in [0.25, 0.3) is 0 Å². The van der Waals surface area contributed by atoms with Crippen LogP contribution in [0.5, 0.6) is 0 Å². The Labute approximate surface area is 857 Å². The number of anilines is 3. The van der Waals surface area contributed by atoms with Gasteiger partial charge >= 0.3 is 0 Å². The van der Waals surface area contributed by atoms with Gasteiger partial charge in [-0.05, 0) is 205 Å². The predicted octanol–water partition coefficient (Wildman–Crippen LogP) is 26.3. The summed E-state index contributed by atoms with van der Waals surface area (Å²) < 4.78 is 4.63. The van der Waals surface area contributed by atoms with Gasteiger partial charge in [-0.2, -0.15) is 9.13 Å². The van der Waals surface area contributed by atoms with E-state index in [1.54, 1.807) is 0 Å². The fraction of sp³-hybridized carbons (Fsp3) is 0.168. The lowest BCUT2D eigenvalue weighted by Gasteiger charge is -2.39. The van der Waals surface area contributed by atoms with E-state index in [2.05, 4.69) is 446 Å². The van der Waals surface area contributed by atoms with Gasteiger partial charge in [0.15, 0.2) is 18.9 Å². The number of pyridine rings is 6. The van der Waals surface area contributed by atoms with Crippen LogP contribution in [0.15, 0.2) is 419 Å². The zero-order chi connectivity index (χ0) is 93.2. The van der Waals surface area contributed by atoms with Crippen molar-refractivity contribution < 1.29 is 43.1 Å². The van der Waals surface area contributed by atoms with E-state index >= 15 is 0 Å². The number of hydrogen-bond donors (Lipinski definition) is 1. The number of benzene rings is 13. The van der Waals surface area contributed by atoms with Gasteiger partial charge < -0.3 is 49.1 Å². The zero-order valence-corrected chi connectivity index (χ0v) is 85.0. The molecular formula is C125H118Br2Cl3N9. The number of fused-ring (bicyclic) bond motifs is 7. The zero-order valence-electron chi connectivity index (χ0n) is 79.5. The molecule has 2 unspecified atom stereocenters. The van der Waals surface area contributed by atoms with Gasteiger partial charge in [-0.1, -0.05) is 350 Å². The van der Waals surface area contributed by atoms with Crippen LogP contribution in [0.4, 0.5) is 17.1 Å². The molecule has 6 aromatic heterocycles. The largest absolute Gasteiger partial charge is 1.00 e. The number of allylic oxidation sites excluding steroid dienone is 2. The second-order valence-electron chi connectivity index (χ2n) is 35.0. The Morgan fingerprint density at radius 3 is 1.58 bits per heavy atom. The summed E-state index contributed by atoms with van der Waals surface area (Å²) in [5, 5.41) is 11.1. The Balaban J connectivity index is 0.000000139. The van der Waals surface area contributed by atoms with Crippen molar-refractivity contribution in [3.8, 4) is 22.4 Å². The summed E-state index contributed by atoms with van der Waals surface area (Å²) in [6, 6.07) is 140. The van der Waals surface area contributed by atoms with Crippen LogP contribution in [0.1, 0.15) is 153 Å². The van der Waals surface area contributed by atoms with Crippen molar-refractivity contribution in [1.82, 2.24) is 19.9 Å². The van der Waals surface area contributed by atoms with E-state index in [4.69, 9.17) is 38.2 Å². The van der Waals surface area contributed by atoms with Crippen LogP contribution in [-0.2, 0) is 19.5 Å². The average Bonchev–Trinajstić information content (AvgIpc) is 0.755. The third kappa shape index (κ3) is 25.9. The maximum Gasteiger partial charge on any atom is 0.212 e. The summed E-state index contributed by atoms with van der Waals surface area (Å²) in [6.45, 7) is 15.8. The second-order valence-corrected chi connectivity index (χ2v) is 35.8. The number of unbranched alkanes of at least 4 members (excludes halogenated alkanes) is 4. The fourth-order valence-electron chi connectivity index (χ4n) is 18.2. The number of halogens is 5. The monoisotopic (exact) mass is 2010 g/mol. The molecule has 698 valence electrons. The van der Waals surface area contributed by atoms with Crippen molar-refractivity contribution in [2.75, 3.05) is 34.8 Å². The number of nitrogens with one attached hydrogen (secondary N) is 1. The summed E-state index contributed by atoms with van der Waals surface area (Å²) in [4.78, 5) is 24.8. The van der Waals surface area contributed by atoms with Crippen LogP contribution < -0.4 is 58.2 Å². The first-order chi connectivity index (χ1) is 67.0. The Bertz CT molecular complexity index is 7360. The molecule has 0 aliphatic carbocycles. The minimum absolute atomic E-state index is 0. The SMILES string of the molecule is CCCCN1C=C(c2ccc3ccccc3n2)C(c2ccccc2)c2ccccc21.CCCCN1c2ccccc2C=C(c2ccc3ccccc3n2)C1c1ccccc1.CCCCNc1ccccc1/C=C(\Cc1ccccc1)c1ccc2ccccc2n1.CCCC[n+]1cc(-c2cccc(Cl)c2)cc2ccccc21.Cc1cccc(-c2cc3ccccc3[n+](Cc3ccc(Cl)cc3)c2)n1.Cl.[Br-].[Br-]. The Kier molecular flexibility index (Phi) is 37.0. The van der Waals surface area contributed by atoms with E-state index in [9.17, 15) is 0 Å². The highest BCUT2D eigenvalue weighted by Crippen LogP contribution is 2.48. The molecule has 8 heterocycles. The van der Waals surface area contributed by atoms with Crippen LogP contribution in [0.2, 0.25) is 10.0 Å². The van der Waals surface area contributed by atoms with Gasteiger partial charge in [0.1, 0.15) is 6.54 Å². The standard InChI is InChI=1S/2C28H26N2.C28H28N2.C22H18ClN2.C19H19ClN.2BrH.ClH/c1-2-3-19-30-20-24(26-18-17-21-11-7-9-15-25(21)29-26)28(22-12-5-4-6-13-22)23-14-8-10-16-27(23)30;1-2-3-19-30-27-16-10-8-14-23(27)20-24(28(30)22-12-5-4-6-13-22)26-18-17-21-11-7-9-15-25(21)29-26;1-2-3-19-29-26-15-9-8-14-24(26)21-25(20-22-11-5-4-6-12-22)28-18-17-23-13-7-10-16-27(23)30-28;1-16-5-4-7-21(24-16)19-13-18-6-2-3-8-22(18)25(15-19)14-17-9-11-20(23)12-10-17;1-2-3-11-21-14-17(15-8-6-9-18(20)13-15)12-16-7-4-5-10-19(16)21;;;/h2*4-18,20,28H,2-3,19H2,1H3;4-18,21,29H,2-3,19-20H2,1H3;2-13,15H,14H2,1H3;4-10,12-14H,2-3,11H2,1H3;3*1H/q;;;2*+1;;;/p-2/b;;25-21+;;;;;. The maximum atomic E-state index is 6.13. The minimum atomic E-state index is 0. The molecule has 2 atom stereocenters.